The molecule has 1 heterocycles. The van der Waals surface area contributed by atoms with Gasteiger partial charge in [-0.25, -0.2) is 4.98 Å². The van der Waals surface area contributed by atoms with Crippen molar-refractivity contribution >= 4 is 17.0 Å². The standard InChI is InChI=1S/C15H21N3O2/c1-4-17(5-2)9-14-16-12-8-11(3)6-7-13(12)18(14)10-15(19)20/h6-8H,4-5,9-10H2,1-3H3,(H,19,20). The van der Waals surface area contributed by atoms with E-state index in [-0.39, 0.29) is 6.54 Å². The molecule has 0 aliphatic heterocycles. The molecule has 0 spiro atoms. The van der Waals surface area contributed by atoms with Crippen LogP contribution < -0.4 is 0 Å². The highest BCUT2D eigenvalue weighted by atomic mass is 16.4. The van der Waals surface area contributed by atoms with Crippen molar-refractivity contribution < 1.29 is 9.90 Å². The van der Waals surface area contributed by atoms with Gasteiger partial charge in [0.2, 0.25) is 0 Å². The third kappa shape index (κ3) is 2.99. The van der Waals surface area contributed by atoms with Crippen molar-refractivity contribution in [2.75, 3.05) is 13.1 Å². The molecular weight excluding hydrogens is 254 g/mol. The Bertz CT molecular complexity index is 615. The van der Waals surface area contributed by atoms with Crippen LogP contribution in [0.2, 0.25) is 0 Å². The topological polar surface area (TPSA) is 58.4 Å². The van der Waals surface area contributed by atoms with Crippen LogP contribution in [-0.4, -0.2) is 38.6 Å². The monoisotopic (exact) mass is 275 g/mol. The Hall–Kier alpha value is -1.88. The Morgan fingerprint density at radius 1 is 1.35 bits per heavy atom. The molecule has 0 saturated heterocycles. The van der Waals surface area contributed by atoms with Gasteiger partial charge in [0.1, 0.15) is 12.4 Å². The largest absolute Gasteiger partial charge is 0.480 e. The van der Waals surface area contributed by atoms with Crippen LogP contribution in [0.1, 0.15) is 25.2 Å². The number of aromatic nitrogens is 2. The van der Waals surface area contributed by atoms with Crippen molar-refractivity contribution in [3.8, 4) is 0 Å². The van der Waals surface area contributed by atoms with Crippen LogP contribution in [0.15, 0.2) is 18.2 Å². The second-order valence-corrected chi connectivity index (χ2v) is 4.96. The highest BCUT2D eigenvalue weighted by molar-refractivity contribution is 5.79. The maximum Gasteiger partial charge on any atom is 0.323 e. The van der Waals surface area contributed by atoms with Crippen molar-refractivity contribution in [1.82, 2.24) is 14.5 Å². The van der Waals surface area contributed by atoms with Gasteiger partial charge in [-0.05, 0) is 37.7 Å². The highest BCUT2D eigenvalue weighted by Crippen LogP contribution is 2.19. The maximum absolute atomic E-state index is 11.1. The first-order valence-electron chi connectivity index (χ1n) is 6.95. The average molecular weight is 275 g/mol. The number of imidazole rings is 1. The molecule has 0 saturated carbocycles. The average Bonchev–Trinajstić information content (AvgIpc) is 2.72. The number of aryl methyl sites for hydroxylation is 1. The summed E-state index contributed by atoms with van der Waals surface area (Å²) in [5, 5.41) is 9.11. The molecule has 2 rings (SSSR count). The summed E-state index contributed by atoms with van der Waals surface area (Å²) in [6, 6.07) is 5.94. The Balaban J connectivity index is 2.47. The first-order valence-corrected chi connectivity index (χ1v) is 6.95. The number of carbonyl (C=O) groups is 1. The van der Waals surface area contributed by atoms with Crippen molar-refractivity contribution in [3.05, 3.63) is 29.6 Å². The zero-order valence-electron chi connectivity index (χ0n) is 12.3. The van der Waals surface area contributed by atoms with Crippen molar-refractivity contribution in [1.29, 1.82) is 0 Å². The molecule has 5 heteroatoms. The second-order valence-electron chi connectivity index (χ2n) is 4.96. The number of carboxylic acid groups (broad SMARTS) is 1. The molecule has 1 aromatic heterocycles. The van der Waals surface area contributed by atoms with Crippen LogP contribution in [0.3, 0.4) is 0 Å². The Labute approximate surface area is 118 Å². The zero-order chi connectivity index (χ0) is 14.7. The smallest absolute Gasteiger partial charge is 0.323 e. The van der Waals surface area contributed by atoms with Gasteiger partial charge in [0, 0.05) is 0 Å². The van der Waals surface area contributed by atoms with Crippen molar-refractivity contribution in [3.63, 3.8) is 0 Å². The molecule has 108 valence electrons. The van der Waals surface area contributed by atoms with Gasteiger partial charge in [-0.2, -0.15) is 0 Å². The first-order chi connectivity index (χ1) is 9.55. The summed E-state index contributed by atoms with van der Waals surface area (Å²) in [6.45, 7) is 8.68. The summed E-state index contributed by atoms with van der Waals surface area (Å²) in [5.74, 6) is -0.0256. The van der Waals surface area contributed by atoms with Crippen LogP contribution in [-0.2, 0) is 17.9 Å². The fourth-order valence-electron chi connectivity index (χ4n) is 2.37. The molecule has 0 radical (unpaired) electrons. The van der Waals surface area contributed by atoms with E-state index in [4.69, 9.17) is 5.11 Å². The molecule has 5 nitrogen and oxygen atoms in total. The third-order valence-corrected chi connectivity index (χ3v) is 3.54. The van der Waals surface area contributed by atoms with Gasteiger partial charge in [0.15, 0.2) is 0 Å². The van der Waals surface area contributed by atoms with E-state index < -0.39 is 5.97 Å². The van der Waals surface area contributed by atoms with Crippen LogP contribution >= 0.6 is 0 Å². The van der Waals surface area contributed by atoms with E-state index in [0.717, 1.165) is 35.5 Å². The van der Waals surface area contributed by atoms with Crippen molar-refractivity contribution in [2.45, 2.75) is 33.9 Å². The predicted molar refractivity (Wildman–Crippen MR) is 78.7 cm³/mol. The maximum atomic E-state index is 11.1. The normalized spacial score (nSPS) is 11.4. The minimum absolute atomic E-state index is 0.0455. The van der Waals surface area contributed by atoms with Gasteiger partial charge in [0.05, 0.1) is 17.6 Å². The molecule has 1 aromatic carbocycles. The number of nitrogens with zero attached hydrogens (tertiary/aromatic N) is 3. The molecule has 0 fully saturated rings. The van der Waals surface area contributed by atoms with E-state index in [9.17, 15) is 4.79 Å². The number of aliphatic carboxylic acids is 1. The summed E-state index contributed by atoms with van der Waals surface area (Å²) in [4.78, 5) is 17.9. The van der Waals surface area contributed by atoms with Gasteiger partial charge < -0.3 is 9.67 Å². The highest BCUT2D eigenvalue weighted by Gasteiger charge is 2.15. The molecule has 0 unspecified atom stereocenters. The van der Waals surface area contributed by atoms with E-state index in [1.165, 1.54) is 0 Å². The van der Waals surface area contributed by atoms with Crippen molar-refractivity contribution in [2.24, 2.45) is 0 Å². The van der Waals surface area contributed by atoms with Crippen LogP contribution in [0, 0.1) is 6.92 Å². The molecule has 0 atom stereocenters. The minimum Gasteiger partial charge on any atom is -0.480 e. The summed E-state index contributed by atoms with van der Waals surface area (Å²) < 4.78 is 1.80. The lowest BCUT2D eigenvalue weighted by molar-refractivity contribution is -0.137. The van der Waals surface area contributed by atoms with E-state index in [1.54, 1.807) is 4.57 Å². The lowest BCUT2D eigenvalue weighted by Crippen LogP contribution is -2.25. The summed E-state index contributed by atoms with van der Waals surface area (Å²) in [5.41, 5.74) is 2.89. The molecule has 0 bridgehead atoms. The van der Waals surface area contributed by atoms with Crippen LogP contribution in [0.5, 0.6) is 0 Å². The predicted octanol–water partition coefficient (Wildman–Crippen LogP) is 2.27. The molecule has 0 amide bonds. The van der Waals surface area contributed by atoms with Gasteiger partial charge in [-0.3, -0.25) is 9.69 Å². The van der Waals surface area contributed by atoms with Gasteiger partial charge in [0.25, 0.3) is 0 Å². The van der Waals surface area contributed by atoms with Crippen LogP contribution in [0.25, 0.3) is 11.0 Å². The quantitative estimate of drug-likeness (QED) is 0.878. The number of benzene rings is 1. The van der Waals surface area contributed by atoms with Gasteiger partial charge in [-0.15, -0.1) is 0 Å². The number of carboxylic acids is 1. The Kier molecular flexibility index (Phi) is 4.39. The summed E-state index contributed by atoms with van der Waals surface area (Å²) >= 11 is 0. The number of rotatable bonds is 6. The Morgan fingerprint density at radius 2 is 2.05 bits per heavy atom. The molecular formula is C15H21N3O2. The van der Waals surface area contributed by atoms with E-state index >= 15 is 0 Å². The minimum atomic E-state index is -0.842. The molecule has 1 N–H and O–H groups in total. The summed E-state index contributed by atoms with van der Waals surface area (Å²) in [7, 11) is 0. The van der Waals surface area contributed by atoms with Gasteiger partial charge in [-0.1, -0.05) is 19.9 Å². The second kappa shape index (κ2) is 6.05. The third-order valence-electron chi connectivity index (χ3n) is 3.54. The van der Waals surface area contributed by atoms with E-state index in [2.05, 4.69) is 23.7 Å². The lowest BCUT2D eigenvalue weighted by Gasteiger charge is -2.18. The fraction of sp³-hybridized carbons (Fsp3) is 0.467. The van der Waals surface area contributed by atoms with Gasteiger partial charge >= 0.3 is 5.97 Å². The number of hydrogen-bond acceptors (Lipinski definition) is 3. The molecule has 0 aliphatic rings. The van der Waals surface area contributed by atoms with E-state index in [0.29, 0.717) is 6.54 Å². The van der Waals surface area contributed by atoms with E-state index in [1.807, 2.05) is 25.1 Å². The lowest BCUT2D eigenvalue weighted by atomic mass is 10.2. The zero-order valence-corrected chi connectivity index (χ0v) is 12.3. The molecule has 0 aliphatic carbocycles. The summed E-state index contributed by atoms with van der Waals surface area (Å²) in [6.07, 6.45) is 0. The first kappa shape index (κ1) is 14.5. The fourth-order valence-corrected chi connectivity index (χ4v) is 2.37. The number of hydrogen-bond donors (Lipinski definition) is 1. The van der Waals surface area contributed by atoms with Crippen LogP contribution in [0.4, 0.5) is 0 Å². The Morgan fingerprint density at radius 3 is 2.65 bits per heavy atom. The molecule has 2 aromatic rings. The SMILES string of the molecule is CCN(CC)Cc1nc2cc(C)ccc2n1CC(=O)O. The number of fused-ring (bicyclic) bond motifs is 1. The molecule has 20 heavy (non-hydrogen) atoms.